The summed E-state index contributed by atoms with van der Waals surface area (Å²) in [5.41, 5.74) is 6.79. The topological polar surface area (TPSA) is 49.5 Å². The van der Waals surface area contributed by atoms with Crippen molar-refractivity contribution in [3.8, 4) is 5.75 Å². The Morgan fingerprint density at radius 3 is 2.53 bits per heavy atom. The van der Waals surface area contributed by atoms with Crippen LogP contribution in [0.2, 0.25) is 0 Å². The summed E-state index contributed by atoms with van der Waals surface area (Å²) in [4.78, 5) is 2.35. The van der Waals surface area contributed by atoms with Gasteiger partial charge in [0, 0.05) is 6.04 Å². The van der Waals surface area contributed by atoms with E-state index in [1.165, 1.54) is 5.56 Å². The fourth-order valence-electron chi connectivity index (χ4n) is 1.82. The minimum absolute atomic E-state index is 0.335. The van der Waals surface area contributed by atoms with Crippen LogP contribution < -0.4 is 5.73 Å². The lowest BCUT2D eigenvalue weighted by atomic mass is 10.1. The molecule has 1 rings (SSSR count). The van der Waals surface area contributed by atoms with Gasteiger partial charge in [0.25, 0.3) is 0 Å². The Kier molecular flexibility index (Phi) is 6.01. The maximum Gasteiger partial charge on any atom is 0.115 e. The lowest BCUT2D eigenvalue weighted by molar-refractivity contribution is 0.245. The average Bonchev–Trinajstić information content (AvgIpc) is 2.34. The third kappa shape index (κ3) is 5.20. The van der Waals surface area contributed by atoms with E-state index in [0.717, 1.165) is 32.4 Å². The lowest BCUT2D eigenvalue weighted by Gasteiger charge is -2.24. The molecule has 1 unspecified atom stereocenters. The van der Waals surface area contributed by atoms with Gasteiger partial charge in [0.2, 0.25) is 0 Å². The van der Waals surface area contributed by atoms with E-state index in [0.29, 0.717) is 11.8 Å². The Labute approximate surface area is 104 Å². The molecule has 0 bridgehead atoms. The first-order chi connectivity index (χ1) is 8.13. The molecule has 1 aromatic rings. The van der Waals surface area contributed by atoms with E-state index in [-0.39, 0.29) is 0 Å². The second-order valence-corrected chi connectivity index (χ2v) is 4.68. The fourth-order valence-corrected chi connectivity index (χ4v) is 1.82. The first kappa shape index (κ1) is 14.0. The molecule has 17 heavy (non-hydrogen) atoms. The van der Waals surface area contributed by atoms with Crippen molar-refractivity contribution in [2.45, 2.75) is 32.2 Å². The minimum Gasteiger partial charge on any atom is -0.508 e. The minimum atomic E-state index is 0.335. The number of phenols is 1. The SMILES string of the molecule is CC(CCc1ccc(O)cc1)N(C)CCCN. The second-order valence-electron chi connectivity index (χ2n) is 4.68. The number of aromatic hydroxyl groups is 1. The van der Waals surface area contributed by atoms with Gasteiger partial charge in [-0.2, -0.15) is 0 Å². The van der Waals surface area contributed by atoms with E-state index in [2.05, 4.69) is 18.9 Å². The molecule has 0 aliphatic carbocycles. The number of hydrogen-bond acceptors (Lipinski definition) is 3. The molecule has 0 amide bonds. The van der Waals surface area contributed by atoms with Crippen molar-refractivity contribution in [3.05, 3.63) is 29.8 Å². The molecule has 0 heterocycles. The molecule has 96 valence electrons. The lowest BCUT2D eigenvalue weighted by Crippen LogP contribution is -2.31. The molecule has 0 aliphatic heterocycles. The highest BCUT2D eigenvalue weighted by Gasteiger charge is 2.08. The zero-order valence-corrected chi connectivity index (χ0v) is 10.9. The molecule has 0 radical (unpaired) electrons. The van der Waals surface area contributed by atoms with Crippen LogP contribution in [0.15, 0.2) is 24.3 Å². The molecule has 3 nitrogen and oxygen atoms in total. The van der Waals surface area contributed by atoms with Crippen LogP contribution in [-0.2, 0) is 6.42 Å². The van der Waals surface area contributed by atoms with Gasteiger partial charge in [-0.15, -0.1) is 0 Å². The maximum absolute atomic E-state index is 9.20. The van der Waals surface area contributed by atoms with Crippen LogP contribution in [0, 0.1) is 0 Å². The Morgan fingerprint density at radius 1 is 1.29 bits per heavy atom. The molecule has 1 atom stereocenters. The highest BCUT2D eigenvalue weighted by molar-refractivity contribution is 5.25. The monoisotopic (exact) mass is 236 g/mol. The van der Waals surface area contributed by atoms with E-state index in [9.17, 15) is 5.11 Å². The van der Waals surface area contributed by atoms with Crippen molar-refractivity contribution in [2.75, 3.05) is 20.1 Å². The van der Waals surface area contributed by atoms with Crippen molar-refractivity contribution >= 4 is 0 Å². The fraction of sp³-hybridized carbons (Fsp3) is 0.571. The number of nitrogens with zero attached hydrogens (tertiary/aromatic N) is 1. The second kappa shape index (κ2) is 7.30. The molecule has 0 spiro atoms. The largest absolute Gasteiger partial charge is 0.508 e. The molecule has 0 saturated heterocycles. The van der Waals surface area contributed by atoms with Gasteiger partial charge in [0.1, 0.15) is 5.75 Å². The van der Waals surface area contributed by atoms with Crippen LogP contribution in [0.25, 0.3) is 0 Å². The van der Waals surface area contributed by atoms with E-state index < -0.39 is 0 Å². The predicted octanol–water partition coefficient (Wildman–Crippen LogP) is 1.99. The van der Waals surface area contributed by atoms with Gasteiger partial charge >= 0.3 is 0 Å². The summed E-state index contributed by atoms with van der Waals surface area (Å²) in [7, 11) is 2.15. The summed E-state index contributed by atoms with van der Waals surface area (Å²) < 4.78 is 0. The quantitative estimate of drug-likeness (QED) is 0.761. The molecule has 3 N–H and O–H groups in total. The molecule has 0 aromatic heterocycles. The Morgan fingerprint density at radius 2 is 1.94 bits per heavy atom. The highest BCUT2D eigenvalue weighted by Crippen LogP contribution is 2.13. The van der Waals surface area contributed by atoms with E-state index in [4.69, 9.17) is 5.73 Å². The van der Waals surface area contributed by atoms with Crippen LogP contribution in [0.3, 0.4) is 0 Å². The predicted molar refractivity (Wildman–Crippen MR) is 72.2 cm³/mol. The smallest absolute Gasteiger partial charge is 0.115 e. The number of phenolic OH excluding ortho intramolecular Hbond substituents is 1. The summed E-state index contributed by atoms with van der Waals surface area (Å²) in [5, 5.41) is 9.20. The van der Waals surface area contributed by atoms with E-state index in [1.807, 2.05) is 12.1 Å². The summed E-state index contributed by atoms with van der Waals surface area (Å²) >= 11 is 0. The van der Waals surface area contributed by atoms with Gasteiger partial charge in [0.05, 0.1) is 0 Å². The molecule has 0 aliphatic rings. The number of benzene rings is 1. The summed E-state index contributed by atoms with van der Waals surface area (Å²) in [6.07, 6.45) is 3.24. The Hall–Kier alpha value is -1.06. The maximum atomic E-state index is 9.20. The number of rotatable bonds is 7. The van der Waals surface area contributed by atoms with Gasteiger partial charge in [0.15, 0.2) is 0 Å². The van der Waals surface area contributed by atoms with E-state index in [1.54, 1.807) is 12.1 Å². The van der Waals surface area contributed by atoms with Crippen molar-refractivity contribution in [1.29, 1.82) is 0 Å². The van der Waals surface area contributed by atoms with Crippen LogP contribution in [0.5, 0.6) is 5.75 Å². The van der Waals surface area contributed by atoms with Gasteiger partial charge < -0.3 is 15.7 Å². The third-order valence-corrected chi connectivity index (χ3v) is 3.25. The Balaban J connectivity index is 2.32. The molecular weight excluding hydrogens is 212 g/mol. The molecule has 1 aromatic carbocycles. The first-order valence-electron chi connectivity index (χ1n) is 6.31. The summed E-state index contributed by atoms with van der Waals surface area (Å²) in [6.45, 7) is 4.07. The van der Waals surface area contributed by atoms with Gasteiger partial charge in [-0.05, 0) is 64.0 Å². The van der Waals surface area contributed by atoms with Crippen molar-refractivity contribution in [2.24, 2.45) is 5.73 Å². The van der Waals surface area contributed by atoms with Crippen molar-refractivity contribution < 1.29 is 5.11 Å². The average molecular weight is 236 g/mol. The molecule has 3 heteroatoms. The zero-order chi connectivity index (χ0) is 12.7. The van der Waals surface area contributed by atoms with Crippen LogP contribution in [0.1, 0.15) is 25.3 Å². The number of hydrogen-bond donors (Lipinski definition) is 2. The highest BCUT2D eigenvalue weighted by atomic mass is 16.3. The van der Waals surface area contributed by atoms with Crippen LogP contribution in [-0.4, -0.2) is 36.2 Å². The molecule has 0 fully saturated rings. The van der Waals surface area contributed by atoms with Gasteiger partial charge in [-0.3, -0.25) is 0 Å². The summed E-state index contributed by atoms with van der Waals surface area (Å²) in [6, 6.07) is 8.04. The number of aryl methyl sites for hydroxylation is 1. The van der Waals surface area contributed by atoms with E-state index >= 15 is 0 Å². The van der Waals surface area contributed by atoms with Crippen LogP contribution in [0.4, 0.5) is 0 Å². The van der Waals surface area contributed by atoms with Crippen LogP contribution >= 0.6 is 0 Å². The molecular formula is C14H24N2O. The van der Waals surface area contributed by atoms with Crippen molar-refractivity contribution in [1.82, 2.24) is 4.90 Å². The Bertz CT molecular complexity index is 311. The zero-order valence-electron chi connectivity index (χ0n) is 10.9. The van der Waals surface area contributed by atoms with Gasteiger partial charge in [-0.25, -0.2) is 0 Å². The normalized spacial score (nSPS) is 12.9. The van der Waals surface area contributed by atoms with Crippen molar-refractivity contribution in [3.63, 3.8) is 0 Å². The summed E-state index contributed by atoms with van der Waals surface area (Å²) in [5.74, 6) is 0.335. The first-order valence-corrected chi connectivity index (χ1v) is 6.31. The number of nitrogens with two attached hydrogens (primary N) is 1. The third-order valence-electron chi connectivity index (χ3n) is 3.25. The van der Waals surface area contributed by atoms with Gasteiger partial charge in [-0.1, -0.05) is 12.1 Å². The molecule has 0 saturated carbocycles. The standard InChI is InChI=1S/C14H24N2O/c1-12(16(2)11-3-10-15)4-5-13-6-8-14(17)9-7-13/h6-9,12,17H,3-5,10-11,15H2,1-2H3.